The summed E-state index contributed by atoms with van der Waals surface area (Å²) in [5.41, 5.74) is 2.60. The number of ether oxygens (including phenoxy) is 1. The second-order valence-corrected chi connectivity index (χ2v) is 6.81. The summed E-state index contributed by atoms with van der Waals surface area (Å²) in [6.07, 6.45) is 0. The molecule has 0 fully saturated rings. The first-order valence-corrected chi connectivity index (χ1v) is 9.24. The molecule has 0 N–H and O–H groups in total. The van der Waals surface area contributed by atoms with Crippen LogP contribution in [0.5, 0.6) is 5.75 Å². The molecule has 4 rings (SSSR count). The van der Waals surface area contributed by atoms with E-state index in [1.807, 2.05) is 54.6 Å². The minimum atomic E-state index is 0.459. The molecule has 0 unspecified atom stereocenters. The van der Waals surface area contributed by atoms with Crippen LogP contribution in [0.15, 0.2) is 64.2 Å². The van der Waals surface area contributed by atoms with Gasteiger partial charge in [-0.25, -0.2) is 4.98 Å². The maximum atomic E-state index is 6.33. The molecule has 4 aromatic rings. The van der Waals surface area contributed by atoms with Gasteiger partial charge < -0.3 is 9.15 Å². The van der Waals surface area contributed by atoms with Crippen molar-refractivity contribution in [3.05, 3.63) is 65.3 Å². The summed E-state index contributed by atoms with van der Waals surface area (Å²) in [5, 5.41) is 10.1. The quantitative estimate of drug-likeness (QED) is 0.347. The molecule has 2 heterocycles. The van der Waals surface area contributed by atoms with Gasteiger partial charge in [0.25, 0.3) is 5.22 Å². The third-order valence-electron chi connectivity index (χ3n) is 3.83. The van der Waals surface area contributed by atoms with Crippen molar-refractivity contribution in [1.29, 1.82) is 0 Å². The Morgan fingerprint density at radius 1 is 1.08 bits per heavy atom. The summed E-state index contributed by atoms with van der Waals surface area (Å²) in [7, 11) is 1.63. The van der Waals surface area contributed by atoms with E-state index in [4.69, 9.17) is 20.8 Å². The monoisotopic (exact) mass is 383 g/mol. The lowest BCUT2D eigenvalue weighted by molar-refractivity contribution is 0.415. The van der Waals surface area contributed by atoms with E-state index in [1.54, 1.807) is 7.11 Å². The number of pyridine rings is 1. The van der Waals surface area contributed by atoms with Crippen LogP contribution < -0.4 is 4.74 Å². The number of methoxy groups -OCH3 is 1. The average Bonchev–Trinajstić information content (AvgIpc) is 3.15. The highest BCUT2D eigenvalue weighted by molar-refractivity contribution is 7.98. The van der Waals surface area contributed by atoms with E-state index >= 15 is 0 Å². The number of hydrogen-bond donors (Lipinski definition) is 0. The Hall–Kier alpha value is -2.57. The molecule has 0 aliphatic heterocycles. The van der Waals surface area contributed by atoms with Crippen molar-refractivity contribution < 1.29 is 9.15 Å². The van der Waals surface area contributed by atoms with Gasteiger partial charge in [-0.15, -0.1) is 10.2 Å². The smallest absolute Gasteiger partial charge is 0.277 e. The number of halogens is 1. The zero-order valence-corrected chi connectivity index (χ0v) is 15.4. The highest BCUT2D eigenvalue weighted by Crippen LogP contribution is 2.30. The fourth-order valence-electron chi connectivity index (χ4n) is 2.50. The summed E-state index contributed by atoms with van der Waals surface area (Å²) >= 11 is 7.76. The zero-order chi connectivity index (χ0) is 17.9. The maximum Gasteiger partial charge on any atom is 0.277 e. The molecule has 0 atom stereocenters. The van der Waals surface area contributed by atoms with Crippen molar-refractivity contribution in [1.82, 2.24) is 15.2 Å². The molecular weight excluding hydrogens is 370 g/mol. The molecule has 0 aliphatic carbocycles. The van der Waals surface area contributed by atoms with E-state index in [0.29, 0.717) is 22.0 Å². The van der Waals surface area contributed by atoms with E-state index in [0.717, 1.165) is 27.8 Å². The van der Waals surface area contributed by atoms with E-state index in [2.05, 4.69) is 15.2 Å². The minimum Gasteiger partial charge on any atom is -0.497 e. The summed E-state index contributed by atoms with van der Waals surface area (Å²) in [4.78, 5) is 4.45. The van der Waals surface area contributed by atoms with Crippen LogP contribution in [0.3, 0.4) is 0 Å². The van der Waals surface area contributed by atoms with Gasteiger partial charge in [-0.1, -0.05) is 41.6 Å². The van der Waals surface area contributed by atoms with Crippen molar-refractivity contribution in [2.75, 3.05) is 7.11 Å². The highest BCUT2D eigenvalue weighted by atomic mass is 35.5. The van der Waals surface area contributed by atoms with Crippen LogP contribution >= 0.6 is 23.4 Å². The van der Waals surface area contributed by atoms with Crippen molar-refractivity contribution in [3.63, 3.8) is 0 Å². The van der Waals surface area contributed by atoms with Gasteiger partial charge in [0.05, 0.1) is 12.6 Å². The summed E-state index contributed by atoms with van der Waals surface area (Å²) < 4.78 is 10.9. The van der Waals surface area contributed by atoms with Crippen molar-refractivity contribution in [2.24, 2.45) is 0 Å². The Bertz CT molecular complexity index is 1050. The standard InChI is InChI=1S/C19H14ClN3O2S/c1-24-15-8-7-13-9-14(17(20)21-16(13)10-15)11-26-19-23-22-18(25-19)12-5-3-2-4-6-12/h2-10H,11H2,1H3. The largest absolute Gasteiger partial charge is 0.497 e. The predicted molar refractivity (Wildman–Crippen MR) is 103 cm³/mol. The van der Waals surface area contributed by atoms with Crippen molar-refractivity contribution >= 4 is 34.3 Å². The van der Waals surface area contributed by atoms with E-state index < -0.39 is 0 Å². The Morgan fingerprint density at radius 2 is 1.92 bits per heavy atom. The Kier molecular flexibility index (Phi) is 4.77. The second kappa shape index (κ2) is 7.35. The Morgan fingerprint density at radius 3 is 2.73 bits per heavy atom. The van der Waals surface area contributed by atoms with Crippen molar-refractivity contribution in [3.8, 4) is 17.2 Å². The molecule has 5 nitrogen and oxygen atoms in total. The average molecular weight is 384 g/mol. The zero-order valence-electron chi connectivity index (χ0n) is 13.8. The van der Waals surface area contributed by atoms with Crippen LogP contribution in [0.1, 0.15) is 5.56 Å². The third kappa shape index (κ3) is 3.52. The topological polar surface area (TPSA) is 61.0 Å². The molecule has 26 heavy (non-hydrogen) atoms. The van der Waals surface area contributed by atoms with Crippen molar-refractivity contribution in [2.45, 2.75) is 11.0 Å². The number of aromatic nitrogens is 3. The molecule has 0 saturated heterocycles. The van der Waals surface area contributed by atoms with Crippen LogP contribution in [0.25, 0.3) is 22.4 Å². The first kappa shape index (κ1) is 16.9. The molecular formula is C19H14ClN3O2S. The van der Waals surface area contributed by atoms with Gasteiger partial charge in [-0.3, -0.25) is 0 Å². The normalized spacial score (nSPS) is 11.0. The number of benzene rings is 2. The number of rotatable bonds is 5. The predicted octanol–water partition coefficient (Wildman–Crippen LogP) is 5.24. The van der Waals surface area contributed by atoms with Crippen LogP contribution in [-0.2, 0) is 5.75 Å². The van der Waals surface area contributed by atoms with Gasteiger partial charge in [0.2, 0.25) is 5.89 Å². The fraction of sp³-hybridized carbons (Fsp3) is 0.105. The maximum absolute atomic E-state index is 6.33. The lowest BCUT2D eigenvalue weighted by Crippen LogP contribution is -1.90. The molecule has 0 bridgehead atoms. The summed E-state index contributed by atoms with van der Waals surface area (Å²) in [5.74, 6) is 1.84. The van der Waals surface area contributed by atoms with Gasteiger partial charge >= 0.3 is 0 Å². The first-order valence-electron chi connectivity index (χ1n) is 7.88. The first-order chi connectivity index (χ1) is 12.7. The van der Waals surface area contributed by atoms with E-state index in [1.165, 1.54) is 11.8 Å². The molecule has 0 saturated carbocycles. The third-order valence-corrected chi connectivity index (χ3v) is 5.02. The molecule has 130 valence electrons. The van der Waals surface area contributed by atoms with Gasteiger partial charge in [-0.2, -0.15) is 0 Å². The SMILES string of the molecule is COc1ccc2cc(CSc3nnc(-c4ccccc4)o3)c(Cl)nc2c1. The molecule has 2 aromatic heterocycles. The Labute approximate surface area is 159 Å². The van der Waals surface area contributed by atoms with Gasteiger partial charge in [-0.05, 0) is 30.3 Å². The number of hydrogen-bond acceptors (Lipinski definition) is 6. The van der Waals surface area contributed by atoms with Gasteiger partial charge in [0.1, 0.15) is 10.9 Å². The molecule has 0 amide bonds. The van der Waals surface area contributed by atoms with E-state index in [-0.39, 0.29) is 0 Å². The Balaban J connectivity index is 1.53. The summed E-state index contributed by atoms with van der Waals surface area (Å²) in [6, 6.07) is 17.4. The fourth-order valence-corrected chi connectivity index (χ4v) is 3.53. The molecule has 0 spiro atoms. The number of nitrogens with zero attached hydrogens (tertiary/aromatic N) is 3. The lowest BCUT2D eigenvalue weighted by Gasteiger charge is -2.06. The van der Waals surface area contributed by atoms with Gasteiger partial charge in [0.15, 0.2) is 0 Å². The highest BCUT2D eigenvalue weighted by Gasteiger charge is 2.11. The summed E-state index contributed by atoms with van der Waals surface area (Å²) in [6.45, 7) is 0. The van der Waals surface area contributed by atoms with Crippen LogP contribution in [0.2, 0.25) is 5.15 Å². The minimum absolute atomic E-state index is 0.459. The van der Waals surface area contributed by atoms with Crippen LogP contribution in [-0.4, -0.2) is 22.3 Å². The molecule has 2 aromatic carbocycles. The van der Waals surface area contributed by atoms with E-state index in [9.17, 15) is 0 Å². The number of thioether (sulfide) groups is 1. The van der Waals surface area contributed by atoms with Gasteiger partial charge in [0, 0.05) is 28.3 Å². The molecule has 0 aliphatic rings. The number of fused-ring (bicyclic) bond motifs is 1. The molecule has 0 radical (unpaired) electrons. The lowest BCUT2D eigenvalue weighted by atomic mass is 10.1. The molecule has 7 heteroatoms. The van der Waals surface area contributed by atoms with Crippen LogP contribution in [0.4, 0.5) is 0 Å². The van der Waals surface area contributed by atoms with Crippen LogP contribution in [0, 0.1) is 0 Å². The second-order valence-electron chi connectivity index (χ2n) is 5.52.